The van der Waals surface area contributed by atoms with Gasteiger partial charge in [0.25, 0.3) is 5.91 Å². The molecule has 0 heterocycles. The second-order valence-electron chi connectivity index (χ2n) is 3.47. The highest BCUT2D eigenvalue weighted by molar-refractivity contribution is 7.99. The maximum Gasteiger partial charge on any atom is 0.251 e. The number of aryl methyl sites for hydroxylation is 1. The Morgan fingerprint density at radius 2 is 2.35 bits per heavy atom. The summed E-state index contributed by atoms with van der Waals surface area (Å²) in [5.74, 6) is 3.42. The van der Waals surface area contributed by atoms with Gasteiger partial charge in [-0.15, -0.1) is 18.2 Å². The van der Waals surface area contributed by atoms with Crippen molar-refractivity contribution >= 4 is 17.7 Å². The minimum absolute atomic E-state index is 0.177. The van der Waals surface area contributed by atoms with Crippen LogP contribution in [-0.4, -0.2) is 24.0 Å². The Hall–Kier alpha value is -1.47. The molecule has 0 unspecified atom stereocenters. The van der Waals surface area contributed by atoms with Crippen LogP contribution >= 0.6 is 11.8 Å². The van der Waals surface area contributed by atoms with Gasteiger partial charge in [0, 0.05) is 17.9 Å². The first-order chi connectivity index (χ1) is 8.15. The highest BCUT2D eigenvalue weighted by Crippen LogP contribution is 2.09. The summed E-state index contributed by atoms with van der Waals surface area (Å²) in [5.41, 5.74) is 1.15. The summed E-state index contributed by atoms with van der Waals surface area (Å²) < 4.78 is 12.8. The Morgan fingerprint density at radius 1 is 1.59 bits per heavy atom. The van der Waals surface area contributed by atoms with E-state index < -0.39 is 0 Å². The van der Waals surface area contributed by atoms with Crippen LogP contribution in [0.2, 0.25) is 0 Å². The molecule has 0 radical (unpaired) electrons. The first kappa shape index (κ1) is 13.6. The van der Waals surface area contributed by atoms with Crippen LogP contribution in [0.15, 0.2) is 18.2 Å². The van der Waals surface area contributed by atoms with Gasteiger partial charge < -0.3 is 5.32 Å². The molecule has 0 saturated heterocycles. The summed E-state index contributed by atoms with van der Waals surface area (Å²) in [6.07, 6.45) is 5.10. The molecule has 2 nitrogen and oxygen atoms in total. The molecular formula is C13H14FNOS. The smallest absolute Gasteiger partial charge is 0.251 e. The molecule has 1 N–H and O–H groups in total. The van der Waals surface area contributed by atoms with Crippen molar-refractivity contribution in [3.8, 4) is 12.3 Å². The molecule has 0 aliphatic carbocycles. The maximum absolute atomic E-state index is 12.8. The van der Waals surface area contributed by atoms with Crippen molar-refractivity contribution < 1.29 is 9.18 Å². The van der Waals surface area contributed by atoms with E-state index in [1.807, 2.05) is 0 Å². The predicted molar refractivity (Wildman–Crippen MR) is 69.6 cm³/mol. The largest absolute Gasteiger partial charge is 0.351 e. The number of carbonyl (C=O) groups excluding carboxylic acids is 1. The van der Waals surface area contributed by atoms with E-state index in [2.05, 4.69) is 11.2 Å². The number of amides is 1. The Kier molecular flexibility index (Phi) is 5.58. The quantitative estimate of drug-likeness (QED) is 0.642. The third-order valence-electron chi connectivity index (χ3n) is 2.15. The number of rotatable bonds is 5. The monoisotopic (exact) mass is 251 g/mol. The minimum Gasteiger partial charge on any atom is -0.351 e. The second-order valence-corrected chi connectivity index (χ2v) is 4.58. The lowest BCUT2D eigenvalue weighted by molar-refractivity contribution is 0.0955. The average Bonchev–Trinajstić information content (AvgIpc) is 2.28. The van der Waals surface area contributed by atoms with Gasteiger partial charge in [-0.3, -0.25) is 4.79 Å². The number of halogens is 1. The van der Waals surface area contributed by atoms with E-state index in [-0.39, 0.29) is 11.7 Å². The fourth-order valence-corrected chi connectivity index (χ4v) is 1.85. The number of terminal acetylenes is 1. The number of thioether (sulfide) groups is 1. The van der Waals surface area contributed by atoms with Crippen molar-refractivity contribution in [2.75, 3.05) is 18.1 Å². The van der Waals surface area contributed by atoms with Crippen LogP contribution in [-0.2, 0) is 0 Å². The van der Waals surface area contributed by atoms with Crippen LogP contribution in [0.1, 0.15) is 15.9 Å². The van der Waals surface area contributed by atoms with E-state index >= 15 is 0 Å². The highest BCUT2D eigenvalue weighted by Gasteiger charge is 2.08. The Balaban J connectivity index is 2.45. The summed E-state index contributed by atoms with van der Waals surface area (Å²) in [6.45, 7) is 2.27. The Bertz CT molecular complexity index is 440. The van der Waals surface area contributed by atoms with Crippen LogP contribution in [0.4, 0.5) is 4.39 Å². The van der Waals surface area contributed by atoms with Gasteiger partial charge in [0.15, 0.2) is 0 Å². The van der Waals surface area contributed by atoms with Crippen LogP contribution in [0.5, 0.6) is 0 Å². The van der Waals surface area contributed by atoms with E-state index in [4.69, 9.17) is 6.42 Å². The molecule has 1 amide bonds. The van der Waals surface area contributed by atoms with Gasteiger partial charge in [-0.2, -0.15) is 0 Å². The van der Waals surface area contributed by atoms with Gasteiger partial charge in [0.2, 0.25) is 0 Å². The summed E-state index contributed by atoms with van der Waals surface area (Å²) in [7, 11) is 0. The molecule has 1 rings (SSSR count). The predicted octanol–water partition coefficient (Wildman–Crippen LogP) is 2.23. The summed E-state index contributed by atoms with van der Waals surface area (Å²) in [4.78, 5) is 11.7. The summed E-state index contributed by atoms with van der Waals surface area (Å²) in [6, 6.07) is 4.13. The molecule has 17 heavy (non-hydrogen) atoms. The SMILES string of the molecule is C#CCSCCNC(=O)c1ccc(F)cc1C. The number of hydrogen-bond acceptors (Lipinski definition) is 2. The zero-order valence-corrected chi connectivity index (χ0v) is 10.4. The van der Waals surface area contributed by atoms with Crippen molar-refractivity contribution in [1.29, 1.82) is 0 Å². The van der Waals surface area contributed by atoms with Crippen molar-refractivity contribution in [2.45, 2.75) is 6.92 Å². The first-order valence-corrected chi connectivity index (χ1v) is 6.36. The molecule has 0 fully saturated rings. The molecule has 0 spiro atoms. The van der Waals surface area contributed by atoms with Crippen LogP contribution in [0.3, 0.4) is 0 Å². The molecule has 0 aromatic heterocycles. The second kappa shape index (κ2) is 6.97. The topological polar surface area (TPSA) is 29.1 Å². The number of benzene rings is 1. The molecule has 0 saturated carbocycles. The van der Waals surface area contributed by atoms with Crippen LogP contribution < -0.4 is 5.32 Å². The fraction of sp³-hybridized carbons (Fsp3) is 0.308. The van der Waals surface area contributed by atoms with E-state index in [0.29, 0.717) is 23.4 Å². The zero-order valence-electron chi connectivity index (χ0n) is 9.63. The van der Waals surface area contributed by atoms with Crippen molar-refractivity contribution in [2.24, 2.45) is 0 Å². The standard InChI is InChI=1S/C13H14FNOS/c1-3-7-17-8-6-15-13(16)12-5-4-11(14)9-10(12)2/h1,4-5,9H,6-8H2,2H3,(H,15,16). The lowest BCUT2D eigenvalue weighted by Gasteiger charge is -2.07. The summed E-state index contributed by atoms with van der Waals surface area (Å²) >= 11 is 1.59. The van der Waals surface area contributed by atoms with E-state index in [1.54, 1.807) is 18.7 Å². The van der Waals surface area contributed by atoms with Gasteiger partial charge >= 0.3 is 0 Å². The Morgan fingerprint density at radius 3 is 3.00 bits per heavy atom. The van der Waals surface area contributed by atoms with Crippen LogP contribution in [0.25, 0.3) is 0 Å². The normalized spacial score (nSPS) is 9.71. The van der Waals surface area contributed by atoms with Crippen molar-refractivity contribution in [1.82, 2.24) is 5.32 Å². The third kappa shape index (κ3) is 4.49. The molecule has 0 aliphatic heterocycles. The molecular weight excluding hydrogens is 237 g/mol. The van der Waals surface area contributed by atoms with Gasteiger partial charge in [-0.1, -0.05) is 5.92 Å². The van der Waals surface area contributed by atoms with Gasteiger partial charge in [-0.25, -0.2) is 4.39 Å². The lowest BCUT2D eigenvalue weighted by Crippen LogP contribution is -2.26. The Labute approximate surface area is 105 Å². The number of hydrogen-bond donors (Lipinski definition) is 1. The fourth-order valence-electron chi connectivity index (χ4n) is 1.34. The minimum atomic E-state index is -0.330. The molecule has 1 aromatic carbocycles. The highest BCUT2D eigenvalue weighted by atomic mass is 32.2. The molecule has 0 bridgehead atoms. The number of carbonyl (C=O) groups is 1. The molecule has 0 atom stereocenters. The van der Waals surface area contributed by atoms with Crippen LogP contribution in [0, 0.1) is 25.1 Å². The molecule has 0 aliphatic rings. The van der Waals surface area contributed by atoms with Crippen molar-refractivity contribution in [3.05, 3.63) is 35.1 Å². The lowest BCUT2D eigenvalue weighted by atomic mass is 10.1. The molecule has 1 aromatic rings. The number of nitrogens with one attached hydrogen (secondary N) is 1. The third-order valence-corrected chi connectivity index (χ3v) is 3.01. The van der Waals surface area contributed by atoms with Gasteiger partial charge in [0.05, 0.1) is 5.75 Å². The first-order valence-electron chi connectivity index (χ1n) is 5.20. The van der Waals surface area contributed by atoms with Crippen molar-refractivity contribution in [3.63, 3.8) is 0 Å². The molecule has 90 valence electrons. The zero-order chi connectivity index (χ0) is 12.7. The van der Waals surface area contributed by atoms with Gasteiger partial charge in [-0.05, 0) is 30.7 Å². The van der Waals surface area contributed by atoms with E-state index in [9.17, 15) is 9.18 Å². The van der Waals surface area contributed by atoms with Gasteiger partial charge in [0.1, 0.15) is 5.82 Å². The van der Waals surface area contributed by atoms with E-state index in [0.717, 1.165) is 5.75 Å². The average molecular weight is 251 g/mol. The van der Waals surface area contributed by atoms with E-state index in [1.165, 1.54) is 18.2 Å². The summed E-state index contributed by atoms with van der Waals surface area (Å²) in [5, 5.41) is 2.77. The maximum atomic E-state index is 12.8. The molecule has 4 heteroatoms.